The molecule has 5 heteroatoms. The fourth-order valence-electron chi connectivity index (χ4n) is 3.47. The average molecular weight is 420 g/mol. The van der Waals surface area contributed by atoms with Gasteiger partial charge in [0, 0.05) is 5.80 Å². The lowest BCUT2D eigenvalue weighted by Crippen LogP contribution is -2.32. The predicted octanol–water partition coefficient (Wildman–Crippen LogP) is 3.52. The summed E-state index contributed by atoms with van der Waals surface area (Å²) in [6.45, 7) is 1.46. The Balaban J connectivity index is 2.45. The Hall–Kier alpha value is -3.10. The Kier molecular flexibility index (Phi) is 7.26. The van der Waals surface area contributed by atoms with Gasteiger partial charge >= 0.3 is 11.9 Å². The zero-order valence-electron chi connectivity index (χ0n) is 17.2. The molecule has 0 radical (unpaired) electrons. The summed E-state index contributed by atoms with van der Waals surface area (Å²) in [5.41, 5.74) is 0.459. The van der Waals surface area contributed by atoms with Gasteiger partial charge in [-0.25, -0.2) is 9.59 Å². The molecule has 30 heavy (non-hydrogen) atoms. The van der Waals surface area contributed by atoms with E-state index in [4.69, 9.17) is 9.47 Å². The minimum atomic E-state index is -2.65. The molecule has 3 rings (SSSR count). The van der Waals surface area contributed by atoms with E-state index in [-0.39, 0.29) is 13.2 Å². The summed E-state index contributed by atoms with van der Waals surface area (Å²) >= 11 is 0. The van der Waals surface area contributed by atoms with E-state index in [1.807, 2.05) is 78.9 Å². The van der Waals surface area contributed by atoms with Crippen molar-refractivity contribution < 1.29 is 19.1 Å². The van der Waals surface area contributed by atoms with Crippen molar-refractivity contribution in [3.05, 3.63) is 90.5 Å². The van der Waals surface area contributed by atoms with Crippen molar-refractivity contribution in [3.8, 4) is 0 Å². The van der Waals surface area contributed by atoms with E-state index in [9.17, 15) is 9.59 Å². The standard InChI is InChI=1S/C25H25O4P/c1-3-28-24(26)19-30(20-13-7-5-8-14-20,21-15-9-6-10-16-21)23-18-12-11-17-22(23)25(27)29-4-2/h5-19H,3-4H2,1-2H3. The van der Waals surface area contributed by atoms with Gasteiger partial charge in [-0.3, -0.25) is 0 Å². The molecule has 0 aliphatic carbocycles. The topological polar surface area (TPSA) is 52.6 Å². The van der Waals surface area contributed by atoms with E-state index in [1.54, 1.807) is 25.7 Å². The molecule has 0 aromatic heterocycles. The van der Waals surface area contributed by atoms with Gasteiger partial charge in [0.15, 0.2) is 0 Å². The molecule has 4 nitrogen and oxygen atoms in total. The zero-order valence-corrected chi connectivity index (χ0v) is 18.0. The van der Waals surface area contributed by atoms with Crippen LogP contribution in [0, 0.1) is 0 Å². The summed E-state index contributed by atoms with van der Waals surface area (Å²) in [5, 5.41) is 2.69. The minimum Gasteiger partial charge on any atom is -0.463 e. The molecule has 0 saturated heterocycles. The average Bonchev–Trinajstić information content (AvgIpc) is 2.79. The van der Waals surface area contributed by atoms with Crippen LogP contribution < -0.4 is 15.9 Å². The molecule has 0 unspecified atom stereocenters. The number of hydrogen-bond donors (Lipinski definition) is 0. The lowest BCUT2D eigenvalue weighted by molar-refractivity contribution is -0.134. The van der Waals surface area contributed by atoms with E-state index < -0.39 is 18.8 Å². The molecule has 3 aromatic rings. The first-order valence-corrected chi connectivity index (χ1v) is 11.8. The highest BCUT2D eigenvalue weighted by Gasteiger charge is 2.31. The Labute approximate surface area is 177 Å². The molecule has 0 bridgehead atoms. The predicted molar refractivity (Wildman–Crippen MR) is 124 cm³/mol. The molecular weight excluding hydrogens is 395 g/mol. The number of benzene rings is 3. The third kappa shape index (κ3) is 4.39. The Morgan fingerprint density at radius 2 is 1.23 bits per heavy atom. The maximum absolute atomic E-state index is 12.9. The second-order valence-electron chi connectivity index (χ2n) is 6.51. The third-order valence-electron chi connectivity index (χ3n) is 4.69. The van der Waals surface area contributed by atoms with Gasteiger partial charge in [-0.05, 0) is 42.7 Å². The molecular formula is C25H25O4P. The maximum atomic E-state index is 12.9. The molecule has 3 aromatic carbocycles. The van der Waals surface area contributed by atoms with Crippen LogP contribution in [0.3, 0.4) is 0 Å². The van der Waals surface area contributed by atoms with Gasteiger partial charge in [0.05, 0.1) is 18.8 Å². The summed E-state index contributed by atoms with van der Waals surface area (Å²) < 4.78 is 10.7. The lowest BCUT2D eigenvalue weighted by atomic mass is 10.2. The first-order valence-electron chi connectivity index (χ1n) is 9.92. The van der Waals surface area contributed by atoms with Crippen molar-refractivity contribution in [1.82, 2.24) is 0 Å². The van der Waals surface area contributed by atoms with Crippen LogP contribution >= 0.6 is 6.89 Å². The highest BCUT2D eigenvalue weighted by atomic mass is 31.2. The van der Waals surface area contributed by atoms with Crippen molar-refractivity contribution in [2.24, 2.45) is 0 Å². The van der Waals surface area contributed by atoms with Gasteiger partial charge in [-0.1, -0.05) is 78.9 Å². The second-order valence-corrected chi connectivity index (χ2v) is 9.73. The number of carbonyl (C=O) groups is 2. The van der Waals surface area contributed by atoms with E-state index in [0.29, 0.717) is 5.56 Å². The summed E-state index contributed by atoms with van der Waals surface area (Å²) in [4.78, 5) is 25.7. The number of esters is 2. The van der Waals surface area contributed by atoms with Gasteiger partial charge in [0.25, 0.3) is 0 Å². The largest absolute Gasteiger partial charge is 0.463 e. The van der Waals surface area contributed by atoms with Crippen molar-refractivity contribution in [1.29, 1.82) is 0 Å². The first kappa shape index (κ1) is 21.6. The van der Waals surface area contributed by atoms with E-state index in [1.165, 1.54) is 0 Å². The van der Waals surface area contributed by atoms with Crippen molar-refractivity contribution >= 4 is 40.5 Å². The number of hydrogen-bond acceptors (Lipinski definition) is 4. The fraction of sp³-hybridized carbons (Fsp3) is 0.160. The van der Waals surface area contributed by atoms with Crippen LogP contribution in [-0.4, -0.2) is 30.9 Å². The minimum absolute atomic E-state index is 0.275. The summed E-state index contributed by atoms with van der Waals surface area (Å²) in [5.74, 6) is 0.859. The second kappa shape index (κ2) is 10.1. The monoisotopic (exact) mass is 420 g/mol. The van der Waals surface area contributed by atoms with Crippen LogP contribution in [0.4, 0.5) is 0 Å². The number of ether oxygens (including phenoxy) is 2. The molecule has 0 aliphatic rings. The molecule has 0 amide bonds. The highest BCUT2D eigenvalue weighted by molar-refractivity contribution is 7.95. The van der Waals surface area contributed by atoms with Crippen LogP contribution in [0.1, 0.15) is 24.2 Å². The van der Waals surface area contributed by atoms with Crippen LogP contribution in [0.5, 0.6) is 0 Å². The number of carbonyl (C=O) groups excluding carboxylic acids is 2. The van der Waals surface area contributed by atoms with Crippen molar-refractivity contribution in [2.75, 3.05) is 13.2 Å². The smallest absolute Gasteiger partial charge is 0.338 e. The van der Waals surface area contributed by atoms with Crippen LogP contribution in [0.2, 0.25) is 0 Å². The van der Waals surface area contributed by atoms with Gasteiger partial charge in [0.2, 0.25) is 0 Å². The van der Waals surface area contributed by atoms with E-state index in [0.717, 1.165) is 15.9 Å². The zero-order chi connectivity index (χ0) is 21.4. The Bertz CT molecular complexity index is 1020. The number of rotatable bonds is 7. The molecule has 0 atom stereocenters. The summed E-state index contributed by atoms with van der Waals surface area (Å²) in [6, 6.07) is 27.0. The van der Waals surface area contributed by atoms with Gasteiger partial charge in [-0.2, -0.15) is 0 Å². The molecule has 0 spiro atoms. The Morgan fingerprint density at radius 3 is 1.77 bits per heavy atom. The summed E-state index contributed by atoms with van der Waals surface area (Å²) in [6.07, 6.45) is 0. The third-order valence-corrected chi connectivity index (χ3v) is 8.67. The fourth-order valence-corrected chi connectivity index (χ4v) is 7.31. The summed E-state index contributed by atoms with van der Waals surface area (Å²) in [7, 11) is 0. The molecule has 0 N–H and O–H groups in total. The van der Waals surface area contributed by atoms with Gasteiger partial charge in [0.1, 0.15) is 0 Å². The first-order chi connectivity index (χ1) is 14.6. The molecule has 0 fully saturated rings. The van der Waals surface area contributed by atoms with E-state index in [2.05, 4.69) is 0 Å². The van der Waals surface area contributed by atoms with Crippen LogP contribution in [0.15, 0.2) is 84.9 Å². The Morgan fingerprint density at radius 1 is 0.733 bits per heavy atom. The van der Waals surface area contributed by atoms with Crippen molar-refractivity contribution in [2.45, 2.75) is 13.8 Å². The molecule has 0 saturated carbocycles. The highest BCUT2D eigenvalue weighted by Crippen LogP contribution is 2.44. The van der Waals surface area contributed by atoms with Crippen molar-refractivity contribution in [3.63, 3.8) is 0 Å². The van der Waals surface area contributed by atoms with Gasteiger partial charge in [-0.15, -0.1) is 0 Å². The normalized spacial score (nSPS) is 10.9. The van der Waals surface area contributed by atoms with Gasteiger partial charge < -0.3 is 9.47 Å². The SMILES string of the molecule is CCOC(=O)C=P(c1ccccc1)(c1ccccc1)c1ccccc1C(=O)OCC. The maximum Gasteiger partial charge on any atom is 0.338 e. The van der Waals surface area contributed by atoms with E-state index >= 15 is 0 Å². The molecule has 0 aliphatic heterocycles. The molecule has 0 heterocycles. The lowest BCUT2D eigenvalue weighted by Gasteiger charge is -2.29. The van der Waals surface area contributed by atoms with Crippen LogP contribution in [-0.2, 0) is 14.3 Å². The molecule has 154 valence electrons. The van der Waals surface area contributed by atoms with Crippen LogP contribution in [0.25, 0.3) is 0 Å². The quantitative estimate of drug-likeness (QED) is 0.434.